The van der Waals surface area contributed by atoms with Gasteiger partial charge in [0.15, 0.2) is 5.75 Å². The van der Waals surface area contributed by atoms with Crippen molar-refractivity contribution in [1.82, 2.24) is 4.90 Å². The zero-order valence-corrected chi connectivity index (χ0v) is 11.8. The van der Waals surface area contributed by atoms with Crippen molar-refractivity contribution in [2.75, 3.05) is 20.2 Å². The van der Waals surface area contributed by atoms with Gasteiger partial charge >= 0.3 is 5.69 Å². The molecule has 20 heavy (non-hydrogen) atoms. The predicted octanol–water partition coefficient (Wildman–Crippen LogP) is 1.81. The Bertz CT molecular complexity index is 490. The Hall–Kier alpha value is -1.66. The average molecular weight is 280 g/mol. The molecule has 2 rings (SSSR count). The highest BCUT2D eigenvalue weighted by atomic mass is 16.6. The van der Waals surface area contributed by atoms with Crippen molar-refractivity contribution in [2.45, 2.75) is 26.0 Å². The van der Waals surface area contributed by atoms with E-state index >= 15 is 0 Å². The number of nitrogens with zero attached hydrogens (tertiary/aromatic N) is 2. The number of hydrogen-bond acceptors (Lipinski definition) is 5. The molecule has 0 bridgehead atoms. The summed E-state index contributed by atoms with van der Waals surface area (Å²) in [5.41, 5.74) is 0.889. The first-order chi connectivity index (χ1) is 9.51. The molecular weight excluding hydrogens is 260 g/mol. The fourth-order valence-corrected chi connectivity index (χ4v) is 2.63. The molecule has 1 heterocycles. The van der Waals surface area contributed by atoms with Gasteiger partial charge in [0.2, 0.25) is 0 Å². The largest absolute Gasteiger partial charge is 0.490 e. The van der Waals surface area contributed by atoms with Crippen molar-refractivity contribution in [1.29, 1.82) is 0 Å². The van der Waals surface area contributed by atoms with Crippen LogP contribution in [0.1, 0.15) is 18.9 Å². The van der Waals surface area contributed by atoms with Crippen LogP contribution in [0.25, 0.3) is 0 Å². The summed E-state index contributed by atoms with van der Waals surface area (Å²) in [7, 11) is 1.43. The minimum atomic E-state index is -0.426. The van der Waals surface area contributed by atoms with E-state index in [1.165, 1.54) is 7.11 Å². The molecule has 1 N–H and O–H groups in total. The second-order valence-corrected chi connectivity index (χ2v) is 5.29. The molecule has 0 saturated carbocycles. The maximum absolute atomic E-state index is 11.0. The minimum absolute atomic E-state index is 0.00345. The number of likely N-dealkylation sites (tertiary alicyclic amines) is 1. The lowest BCUT2D eigenvalue weighted by Crippen LogP contribution is -2.24. The molecule has 6 nitrogen and oxygen atoms in total. The molecule has 1 aromatic rings. The smallest absolute Gasteiger partial charge is 0.311 e. The molecule has 2 unspecified atom stereocenters. The number of rotatable bonds is 5. The first-order valence-electron chi connectivity index (χ1n) is 6.73. The molecule has 1 fully saturated rings. The van der Waals surface area contributed by atoms with Crippen LogP contribution < -0.4 is 4.74 Å². The summed E-state index contributed by atoms with van der Waals surface area (Å²) in [4.78, 5) is 12.8. The molecule has 0 aromatic heterocycles. The SMILES string of the molecule is COc1ccc(CN2CCC(C(C)O)C2)cc1[N+](=O)[O-]. The van der Waals surface area contributed by atoms with Crippen LogP contribution >= 0.6 is 0 Å². The highest BCUT2D eigenvalue weighted by Gasteiger charge is 2.26. The lowest BCUT2D eigenvalue weighted by Gasteiger charge is -2.17. The van der Waals surface area contributed by atoms with Gasteiger partial charge in [0.25, 0.3) is 0 Å². The van der Waals surface area contributed by atoms with Crippen LogP contribution in [0, 0.1) is 16.0 Å². The van der Waals surface area contributed by atoms with Crippen LogP contribution in [0.2, 0.25) is 0 Å². The van der Waals surface area contributed by atoms with E-state index < -0.39 is 4.92 Å². The number of methoxy groups -OCH3 is 1. The van der Waals surface area contributed by atoms with Gasteiger partial charge in [0.1, 0.15) is 0 Å². The molecule has 0 aliphatic carbocycles. The third kappa shape index (κ3) is 3.26. The summed E-state index contributed by atoms with van der Waals surface area (Å²) < 4.78 is 4.99. The molecule has 1 aliphatic rings. The predicted molar refractivity (Wildman–Crippen MR) is 74.7 cm³/mol. The van der Waals surface area contributed by atoms with Crippen LogP contribution in [-0.4, -0.2) is 41.2 Å². The summed E-state index contributed by atoms with van der Waals surface area (Å²) in [6, 6.07) is 5.05. The normalized spacial score (nSPS) is 20.9. The van der Waals surface area contributed by atoms with Crippen molar-refractivity contribution in [2.24, 2.45) is 5.92 Å². The molecule has 1 aromatic carbocycles. The summed E-state index contributed by atoms with van der Waals surface area (Å²) >= 11 is 0. The zero-order chi connectivity index (χ0) is 14.7. The van der Waals surface area contributed by atoms with E-state index in [1.54, 1.807) is 12.1 Å². The quantitative estimate of drug-likeness (QED) is 0.657. The zero-order valence-electron chi connectivity index (χ0n) is 11.8. The molecule has 6 heteroatoms. The molecule has 0 radical (unpaired) electrons. The second-order valence-electron chi connectivity index (χ2n) is 5.29. The van der Waals surface area contributed by atoms with Crippen molar-refractivity contribution < 1.29 is 14.8 Å². The average Bonchev–Trinajstić information content (AvgIpc) is 2.87. The van der Waals surface area contributed by atoms with Crippen LogP contribution in [0.3, 0.4) is 0 Å². The van der Waals surface area contributed by atoms with E-state index in [9.17, 15) is 15.2 Å². The third-order valence-electron chi connectivity index (χ3n) is 3.84. The summed E-state index contributed by atoms with van der Waals surface area (Å²) in [6.45, 7) is 4.22. The van der Waals surface area contributed by atoms with Crippen molar-refractivity contribution in [3.05, 3.63) is 33.9 Å². The van der Waals surface area contributed by atoms with E-state index in [4.69, 9.17) is 4.74 Å². The van der Waals surface area contributed by atoms with Crippen LogP contribution in [0.5, 0.6) is 5.75 Å². The number of nitro groups is 1. The number of nitro benzene ring substituents is 1. The van der Waals surface area contributed by atoms with E-state index in [0.717, 1.165) is 25.1 Å². The summed E-state index contributed by atoms with van der Waals surface area (Å²) in [5.74, 6) is 0.574. The number of aliphatic hydroxyl groups is 1. The molecule has 0 amide bonds. The maximum atomic E-state index is 11.0. The van der Waals surface area contributed by atoms with Gasteiger partial charge in [0.05, 0.1) is 18.1 Å². The minimum Gasteiger partial charge on any atom is -0.490 e. The maximum Gasteiger partial charge on any atom is 0.311 e. The number of aliphatic hydroxyl groups excluding tert-OH is 1. The Morgan fingerprint density at radius 2 is 2.35 bits per heavy atom. The van der Waals surface area contributed by atoms with E-state index in [0.29, 0.717) is 12.5 Å². The fourth-order valence-electron chi connectivity index (χ4n) is 2.63. The fraction of sp³-hybridized carbons (Fsp3) is 0.571. The highest BCUT2D eigenvalue weighted by Crippen LogP contribution is 2.29. The van der Waals surface area contributed by atoms with Crippen LogP contribution in [-0.2, 0) is 6.54 Å². The molecule has 2 atom stereocenters. The molecule has 1 aliphatic heterocycles. The third-order valence-corrected chi connectivity index (χ3v) is 3.84. The molecule has 110 valence electrons. The topological polar surface area (TPSA) is 75.8 Å². The number of hydrogen-bond donors (Lipinski definition) is 1. The van der Waals surface area contributed by atoms with E-state index in [2.05, 4.69) is 4.90 Å². The Morgan fingerprint density at radius 1 is 1.60 bits per heavy atom. The van der Waals surface area contributed by atoms with Gasteiger partial charge in [0, 0.05) is 19.2 Å². The molecule has 0 spiro atoms. The van der Waals surface area contributed by atoms with Crippen molar-refractivity contribution >= 4 is 5.69 Å². The number of benzene rings is 1. The first-order valence-corrected chi connectivity index (χ1v) is 6.73. The lowest BCUT2D eigenvalue weighted by molar-refractivity contribution is -0.385. The monoisotopic (exact) mass is 280 g/mol. The molecular formula is C14H20N2O4. The van der Waals surface area contributed by atoms with Crippen molar-refractivity contribution in [3.63, 3.8) is 0 Å². The Kier molecular flexibility index (Phi) is 4.57. The van der Waals surface area contributed by atoms with Gasteiger partial charge in [-0.15, -0.1) is 0 Å². The van der Waals surface area contributed by atoms with Gasteiger partial charge in [-0.2, -0.15) is 0 Å². The van der Waals surface area contributed by atoms with E-state index in [-0.39, 0.29) is 17.5 Å². The van der Waals surface area contributed by atoms with Crippen LogP contribution in [0.4, 0.5) is 5.69 Å². The summed E-state index contributed by atoms with van der Waals surface area (Å²) in [6.07, 6.45) is 0.667. The van der Waals surface area contributed by atoms with Gasteiger partial charge < -0.3 is 9.84 Å². The van der Waals surface area contributed by atoms with Crippen molar-refractivity contribution in [3.8, 4) is 5.75 Å². The Morgan fingerprint density at radius 3 is 2.90 bits per heavy atom. The highest BCUT2D eigenvalue weighted by molar-refractivity contribution is 5.48. The Balaban J connectivity index is 2.07. The lowest BCUT2D eigenvalue weighted by atomic mass is 10.0. The first kappa shape index (κ1) is 14.7. The molecule has 1 saturated heterocycles. The summed E-state index contributed by atoms with van der Waals surface area (Å²) in [5, 5.41) is 20.6. The second kappa shape index (κ2) is 6.19. The Labute approximate surface area is 118 Å². The van der Waals surface area contributed by atoms with Gasteiger partial charge in [-0.05, 0) is 37.4 Å². The van der Waals surface area contributed by atoms with Crippen LogP contribution in [0.15, 0.2) is 18.2 Å². The number of ether oxygens (including phenoxy) is 1. The standard InChI is InChI=1S/C14H20N2O4/c1-10(17)12-5-6-15(9-12)8-11-3-4-14(20-2)13(7-11)16(18)19/h3-4,7,10,12,17H,5-6,8-9H2,1-2H3. The van der Waals surface area contributed by atoms with Gasteiger partial charge in [-0.3, -0.25) is 15.0 Å². The van der Waals surface area contributed by atoms with E-state index in [1.807, 2.05) is 13.0 Å². The van der Waals surface area contributed by atoms with Gasteiger partial charge in [-0.25, -0.2) is 0 Å². The van der Waals surface area contributed by atoms with Gasteiger partial charge in [-0.1, -0.05) is 6.07 Å².